The first-order valence-electron chi connectivity index (χ1n) is 18.8. The number of allylic oxidation sites excluding steroid dienone is 3. The molecule has 3 amide bonds. The summed E-state index contributed by atoms with van der Waals surface area (Å²) in [6.45, 7) is 21.0. The highest BCUT2D eigenvalue weighted by Crippen LogP contribution is 2.75. The van der Waals surface area contributed by atoms with Gasteiger partial charge in [-0.2, -0.15) is 13.2 Å². The molecule has 0 spiro atoms. The molecule has 0 aliphatic heterocycles. The standard InChI is InChI=1S/C41H55ClF3N3O3/c1-23-13-16-40(34(50)46-19-20-47-35(51)48-26-9-10-27(29(42)21-26)41(43,44)45)18-17-38(7)28(32(40)25(23)3)11-12-31-37(6)22-24(2)33(49)36(4,5)30(37)14-15-39(31,38)8/h9-11,21,23,25,30-32H,2,12-20,22H2,1,3-8H3,(H,46,50)(H2,47,48,51)/t23-,25+,30+,31-,32+,37+,38-,39-,40+/m1/s1. The van der Waals surface area contributed by atoms with Crippen molar-refractivity contribution in [3.63, 3.8) is 0 Å². The fraction of sp³-hybridized carbons (Fsp3) is 0.683. The highest BCUT2D eigenvalue weighted by Gasteiger charge is 2.69. The molecular weight excluding hydrogens is 675 g/mol. The lowest BCUT2D eigenvalue weighted by molar-refractivity contribution is -0.181. The van der Waals surface area contributed by atoms with Crippen LogP contribution in [0.1, 0.15) is 105 Å². The Balaban J connectivity index is 1.18. The van der Waals surface area contributed by atoms with Gasteiger partial charge in [-0.1, -0.05) is 78.3 Å². The number of urea groups is 1. The van der Waals surface area contributed by atoms with Gasteiger partial charge in [0, 0.05) is 24.2 Å². The number of carbonyl (C=O) groups is 3. The smallest absolute Gasteiger partial charge is 0.354 e. The Labute approximate surface area is 306 Å². The minimum Gasteiger partial charge on any atom is -0.354 e. The molecule has 0 saturated heterocycles. The van der Waals surface area contributed by atoms with Gasteiger partial charge in [0.2, 0.25) is 5.91 Å². The number of ketones is 1. The second kappa shape index (κ2) is 12.7. The van der Waals surface area contributed by atoms with Crippen LogP contribution < -0.4 is 16.0 Å². The number of anilines is 1. The van der Waals surface area contributed by atoms with E-state index in [1.807, 2.05) is 0 Å². The number of Topliss-reactive ketones (excluding diaryl/α,β-unsaturated/α-hetero) is 1. The summed E-state index contributed by atoms with van der Waals surface area (Å²) in [6.07, 6.45) is 5.26. The summed E-state index contributed by atoms with van der Waals surface area (Å²) in [6, 6.07) is 2.45. The molecule has 0 aromatic heterocycles. The number of carbonyl (C=O) groups excluding carboxylic acids is 3. The molecule has 51 heavy (non-hydrogen) atoms. The molecule has 3 N–H and O–H groups in total. The van der Waals surface area contributed by atoms with Crippen LogP contribution in [0.15, 0.2) is 42.0 Å². The van der Waals surface area contributed by atoms with Crippen molar-refractivity contribution in [2.24, 2.45) is 56.7 Å². The van der Waals surface area contributed by atoms with E-state index < -0.39 is 33.6 Å². The van der Waals surface area contributed by atoms with Crippen LogP contribution in [-0.2, 0) is 15.8 Å². The normalized spacial score (nSPS) is 38.6. The maximum absolute atomic E-state index is 14.4. The lowest BCUT2D eigenvalue weighted by Gasteiger charge is -2.71. The molecule has 5 aliphatic rings. The number of amides is 3. The topological polar surface area (TPSA) is 87.3 Å². The molecule has 0 heterocycles. The Morgan fingerprint density at radius 3 is 2.31 bits per heavy atom. The van der Waals surface area contributed by atoms with Gasteiger partial charge in [-0.25, -0.2) is 4.79 Å². The van der Waals surface area contributed by atoms with E-state index in [1.54, 1.807) is 0 Å². The highest BCUT2D eigenvalue weighted by atomic mass is 35.5. The Hall–Kier alpha value is -2.81. The van der Waals surface area contributed by atoms with E-state index in [2.05, 4.69) is 77.1 Å². The summed E-state index contributed by atoms with van der Waals surface area (Å²) in [4.78, 5) is 40.3. The number of hydrogen-bond donors (Lipinski definition) is 3. The molecule has 0 radical (unpaired) electrons. The zero-order valence-electron chi connectivity index (χ0n) is 31.2. The van der Waals surface area contributed by atoms with Crippen LogP contribution in [-0.4, -0.2) is 30.8 Å². The van der Waals surface area contributed by atoms with Crippen LogP contribution in [0.5, 0.6) is 0 Å². The largest absolute Gasteiger partial charge is 0.417 e. The quantitative estimate of drug-likeness (QED) is 0.160. The predicted octanol–water partition coefficient (Wildman–Crippen LogP) is 9.99. The highest BCUT2D eigenvalue weighted by molar-refractivity contribution is 6.31. The van der Waals surface area contributed by atoms with Gasteiger partial charge in [0.1, 0.15) is 0 Å². The lowest BCUT2D eigenvalue weighted by Crippen LogP contribution is -2.65. The van der Waals surface area contributed by atoms with E-state index in [1.165, 1.54) is 5.57 Å². The van der Waals surface area contributed by atoms with E-state index >= 15 is 0 Å². The third kappa shape index (κ3) is 5.77. The summed E-state index contributed by atoms with van der Waals surface area (Å²) in [5, 5.41) is 7.88. The minimum atomic E-state index is -4.59. The first kappa shape index (κ1) is 37.9. The zero-order chi connectivity index (χ0) is 37.5. The van der Waals surface area contributed by atoms with E-state index in [0.29, 0.717) is 23.7 Å². The summed E-state index contributed by atoms with van der Waals surface area (Å²) in [7, 11) is 0. The molecule has 6 rings (SSSR count). The van der Waals surface area contributed by atoms with Gasteiger partial charge in [-0.15, -0.1) is 0 Å². The van der Waals surface area contributed by atoms with E-state index in [4.69, 9.17) is 11.6 Å². The summed E-state index contributed by atoms with van der Waals surface area (Å²) >= 11 is 5.80. The molecule has 10 heteroatoms. The molecule has 5 aliphatic carbocycles. The van der Waals surface area contributed by atoms with Crippen LogP contribution >= 0.6 is 11.6 Å². The molecule has 9 atom stereocenters. The molecule has 280 valence electrons. The van der Waals surface area contributed by atoms with E-state index in [-0.39, 0.29) is 52.6 Å². The molecule has 4 fully saturated rings. The molecule has 4 saturated carbocycles. The number of alkyl halides is 3. The van der Waals surface area contributed by atoms with Gasteiger partial charge in [0.15, 0.2) is 5.78 Å². The van der Waals surface area contributed by atoms with E-state index in [0.717, 1.165) is 75.1 Å². The number of rotatable bonds is 5. The first-order chi connectivity index (χ1) is 23.6. The first-order valence-corrected chi connectivity index (χ1v) is 19.1. The number of halogens is 4. The summed E-state index contributed by atoms with van der Waals surface area (Å²) < 4.78 is 39.2. The van der Waals surface area contributed by atoms with Crippen molar-refractivity contribution in [1.82, 2.24) is 10.6 Å². The minimum absolute atomic E-state index is 0.0245. The van der Waals surface area contributed by atoms with Crippen molar-refractivity contribution in [3.8, 4) is 0 Å². The molecule has 1 aromatic rings. The maximum atomic E-state index is 14.4. The van der Waals surface area contributed by atoms with Gasteiger partial charge in [-0.05, 0) is 121 Å². The van der Waals surface area contributed by atoms with E-state index in [9.17, 15) is 27.6 Å². The second-order valence-corrected chi connectivity index (χ2v) is 18.4. The van der Waals surface area contributed by atoms with Crippen molar-refractivity contribution in [1.29, 1.82) is 0 Å². The van der Waals surface area contributed by atoms with Crippen LogP contribution in [0.4, 0.5) is 23.7 Å². The van der Waals surface area contributed by atoms with Gasteiger partial charge in [0.25, 0.3) is 0 Å². The summed E-state index contributed by atoms with van der Waals surface area (Å²) in [5.74, 6) is 1.91. The SMILES string of the molecule is C=C1C[C@]2(C)[C@H]3CC=C4[C@@H]5[C@@H](C)[C@H](C)CC[C@]5(C(=O)NCCNC(=O)Nc5ccc(C(F)(F)F)c(Cl)c5)CC[C@@]4(C)[C@]3(C)CC[C@H]2C(C)(C)C1=O. The molecular formula is C41H55ClF3N3O3. The van der Waals surface area contributed by atoms with Crippen LogP contribution in [0.3, 0.4) is 0 Å². The number of fused-ring (bicyclic) bond motifs is 7. The fourth-order valence-corrected chi connectivity index (χ4v) is 12.6. The van der Waals surface area contributed by atoms with Crippen molar-refractivity contribution in [2.45, 2.75) is 106 Å². The Morgan fingerprint density at radius 1 is 0.961 bits per heavy atom. The van der Waals surface area contributed by atoms with Crippen LogP contribution in [0, 0.1) is 56.7 Å². The zero-order valence-corrected chi connectivity index (χ0v) is 32.0. The Kier molecular flexibility index (Phi) is 9.41. The molecule has 0 bridgehead atoms. The predicted molar refractivity (Wildman–Crippen MR) is 195 cm³/mol. The number of nitrogens with one attached hydrogen (secondary N) is 3. The molecule has 6 nitrogen and oxygen atoms in total. The monoisotopic (exact) mass is 729 g/mol. The van der Waals surface area contributed by atoms with Crippen molar-refractivity contribution >= 4 is 35.0 Å². The fourth-order valence-electron chi connectivity index (χ4n) is 12.4. The molecule has 0 unspecified atom stereocenters. The second-order valence-electron chi connectivity index (χ2n) is 18.0. The Bertz CT molecular complexity index is 1670. The third-order valence-corrected chi connectivity index (χ3v) is 15.6. The van der Waals surface area contributed by atoms with Crippen molar-refractivity contribution < 1.29 is 27.6 Å². The van der Waals surface area contributed by atoms with Crippen LogP contribution in [0.25, 0.3) is 0 Å². The number of hydrogen-bond acceptors (Lipinski definition) is 3. The van der Waals surface area contributed by atoms with Gasteiger partial charge >= 0.3 is 12.2 Å². The number of benzene rings is 1. The van der Waals surface area contributed by atoms with Gasteiger partial charge in [-0.3, -0.25) is 9.59 Å². The van der Waals surface area contributed by atoms with Gasteiger partial charge < -0.3 is 16.0 Å². The van der Waals surface area contributed by atoms with Crippen molar-refractivity contribution in [3.05, 3.63) is 52.6 Å². The maximum Gasteiger partial charge on any atom is 0.417 e. The van der Waals surface area contributed by atoms with Gasteiger partial charge in [0.05, 0.1) is 16.0 Å². The lowest BCUT2D eigenvalue weighted by atomic mass is 9.33. The third-order valence-electron chi connectivity index (χ3n) is 15.3. The van der Waals surface area contributed by atoms with Crippen LogP contribution in [0.2, 0.25) is 5.02 Å². The summed E-state index contributed by atoms with van der Waals surface area (Å²) in [5.41, 5.74) is 0.368. The average molecular weight is 730 g/mol. The average Bonchev–Trinajstić information content (AvgIpc) is 3.03. The van der Waals surface area contributed by atoms with Crippen molar-refractivity contribution in [2.75, 3.05) is 18.4 Å². The molecule has 1 aromatic carbocycles. The Morgan fingerprint density at radius 2 is 1.65 bits per heavy atom.